The summed E-state index contributed by atoms with van der Waals surface area (Å²) in [7, 11) is 1.56. The van der Waals surface area contributed by atoms with Crippen molar-refractivity contribution >= 4 is 17.4 Å². The highest BCUT2D eigenvalue weighted by Crippen LogP contribution is 2.08. The molecule has 4 nitrogen and oxygen atoms in total. The molecule has 0 amide bonds. The molecule has 2 N–H and O–H groups in total. The van der Waals surface area contributed by atoms with Crippen LogP contribution in [-0.4, -0.2) is 17.1 Å². The summed E-state index contributed by atoms with van der Waals surface area (Å²) in [6, 6.07) is 1.49. The molecule has 0 unspecified atom stereocenters. The van der Waals surface area contributed by atoms with Crippen LogP contribution >= 0.6 is 11.6 Å². The Morgan fingerprint density at radius 3 is 2.91 bits per heavy atom. The second-order valence-electron chi connectivity index (χ2n) is 1.96. The average Bonchev–Trinajstić information content (AvgIpc) is 1.85. The summed E-state index contributed by atoms with van der Waals surface area (Å²) in [6.07, 6.45) is 0. The van der Waals surface area contributed by atoms with E-state index in [-0.39, 0.29) is 0 Å². The lowest BCUT2D eigenvalue weighted by Gasteiger charge is -1.99. The average molecular weight is 174 g/mol. The van der Waals surface area contributed by atoms with Gasteiger partial charge in [-0.2, -0.15) is 0 Å². The molecule has 0 aliphatic carbocycles. The van der Waals surface area contributed by atoms with E-state index in [0.717, 1.165) is 0 Å². The minimum Gasteiger partial charge on any atom is -0.384 e. The lowest BCUT2D eigenvalue weighted by atomic mass is 10.5. The van der Waals surface area contributed by atoms with Crippen LogP contribution in [-0.2, 0) is 11.3 Å². The molecular weight excluding hydrogens is 166 g/mol. The van der Waals surface area contributed by atoms with Crippen molar-refractivity contribution in [3.8, 4) is 0 Å². The van der Waals surface area contributed by atoms with Crippen molar-refractivity contribution in [2.45, 2.75) is 6.61 Å². The Labute approximate surface area is 69.4 Å². The Balaban J connectivity index is 2.89. The molecule has 0 spiro atoms. The van der Waals surface area contributed by atoms with Gasteiger partial charge in [0.05, 0.1) is 0 Å². The second kappa shape index (κ2) is 3.50. The number of aromatic nitrogens is 2. The number of halogens is 1. The minimum atomic E-state index is 0.324. The largest absolute Gasteiger partial charge is 0.384 e. The monoisotopic (exact) mass is 173 g/mol. The normalized spacial score (nSPS) is 10.0. The first-order valence-corrected chi connectivity index (χ1v) is 3.38. The van der Waals surface area contributed by atoms with Crippen LogP contribution < -0.4 is 5.73 Å². The minimum absolute atomic E-state index is 0.324. The van der Waals surface area contributed by atoms with Gasteiger partial charge in [0, 0.05) is 13.2 Å². The van der Waals surface area contributed by atoms with Crippen molar-refractivity contribution in [1.29, 1.82) is 0 Å². The van der Waals surface area contributed by atoms with Gasteiger partial charge in [0.15, 0.2) is 5.82 Å². The van der Waals surface area contributed by atoms with Gasteiger partial charge in [-0.25, -0.2) is 9.97 Å². The predicted octanol–water partition coefficient (Wildman–Crippen LogP) is 0.859. The summed E-state index contributed by atoms with van der Waals surface area (Å²) < 4.78 is 4.80. The summed E-state index contributed by atoms with van der Waals surface area (Å²) in [5.74, 6) is 0.856. The second-order valence-corrected chi connectivity index (χ2v) is 2.35. The van der Waals surface area contributed by atoms with E-state index in [9.17, 15) is 0 Å². The summed E-state index contributed by atoms with van der Waals surface area (Å²) in [4.78, 5) is 7.75. The van der Waals surface area contributed by atoms with E-state index in [2.05, 4.69) is 9.97 Å². The molecule has 0 atom stereocenters. The first kappa shape index (κ1) is 8.23. The van der Waals surface area contributed by atoms with E-state index in [0.29, 0.717) is 23.4 Å². The number of nitrogen functional groups attached to an aromatic ring is 1. The number of hydrogen-bond acceptors (Lipinski definition) is 4. The third-order valence-electron chi connectivity index (χ3n) is 1.03. The molecule has 60 valence electrons. The van der Waals surface area contributed by atoms with Crippen LogP contribution in [0.5, 0.6) is 0 Å². The molecule has 0 aliphatic heterocycles. The number of nitrogens with two attached hydrogens (primary N) is 1. The number of ether oxygens (including phenoxy) is 1. The summed E-state index contributed by atoms with van der Waals surface area (Å²) in [6.45, 7) is 0.324. The van der Waals surface area contributed by atoms with Crippen molar-refractivity contribution in [3.05, 3.63) is 17.0 Å². The van der Waals surface area contributed by atoms with Gasteiger partial charge in [-0.05, 0) is 0 Å². The first-order valence-electron chi connectivity index (χ1n) is 3.00. The van der Waals surface area contributed by atoms with E-state index in [1.54, 1.807) is 7.11 Å². The summed E-state index contributed by atoms with van der Waals surface area (Å²) >= 11 is 5.60. The Morgan fingerprint density at radius 1 is 1.64 bits per heavy atom. The Hall–Kier alpha value is -0.870. The number of hydrogen-bond donors (Lipinski definition) is 1. The topological polar surface area (TPSA) is 61.0 Å². The van der Waals surface area contributed by atoms with Crippen LogP contribution in [0.25, 0.3) is 0 Å². The highest BCUT2D eigenvalue weighted by molar-refractivity contribution is 6.29. The zero-order chi connectivity index (χ0) is 8.27. The van der Waals surface area contributed by atoms with Crippen molar-refractivity contribution in [2.75, 3.05) is 12.8 Å². The zero-order valence-electron chi connectivity index (χ0n) is 6.04. The van der Waals surface area contributed by atoms with Gasteiger partial charge >= 0.3 is 0 Å². The lowest BCUT2D eigenvalue weighted by molar-refractivity contribution is 0.178. The molecule has 0 fully saturated rings. The number of anilines is 1. The van der Waals surface area contributed by atoms with Crippen LogP contribution in [0.4, 0.5) is 5.82 Å². The number of methoxy groups -OCH3 is 1. The third-order valence-corrected chi connectivity index (χ3v) is 1.23. The molecule has 1 rings (SSSR count). The molecule has 0 aromatic carbocycles. The molecule has 0 saturated carbocycles. The number of rotatable bonds is 2. The molecule has 1 aromatic heterocycles. The first-order chi connectivity index (χ1) is 5.22. The van der Waals surface area contributed by atoms with Crippen LogP contribution in [0.1, 0.15) is 5.82 Å². The molecule has 0 aliphatic rings. The third kappa shape index (κ3) is 2.32. The molecule has 1 aromatic rings. The molecule has 0 bridgehead atoms. The smallest absolute Gasteiger partial charge is 0.158 e. The van der Waals surface area contributed by atoms with E-state index in [1.165, 1.54) is 6.07 Å². The summed E-state index contributed by atoms with van der Waals surface area (Å²) in [5, 5.41) is 0.338. The highest BCUT2D eigenvalue weighted by atomic mass is 35.5. The van der Waals surface area contributed by atoms with Gasteiger partial charge in [0.25, 0.3) is 0 Å². The quantitative estimate of drug-likeness (QED) is 0.674. The fourth-order valence-electron chi connectivity index (χ4n) is 0.678. The fourth-order valence-corrected chi connectivity index (χ4v) is 0.887. The van der Waals surface area contributed by atoms with E-state index >= 15 is 0 Å². The molecular formula is C6H8ClN3O. The molecule has 0 radical (unpaired) electrons. The van der Waals surface area contributed by atoms with Crippen molar-refractivity contribution in [1.82, 2.24) is 9.97 Å². The van der Waals surface area contributed by atoms with Crippen LogP contribution in [0.3, 0.4) is 0 Å². The van der Waals surface area contributed by atoms with E-state index in [1.807, 2.05) is 0 Å². The van der Waals surface area contributed by atoms with Crippen LogP contribution in [0.15, 0.2) is 6.07 Å². The SMILES string of the molecule is COCc1nc(N)cc(Cl)n1. The predicted molar refractivity (Wildman–Crippen MR) is 42.2 cm³/mol. The van der Waals surface area contributed by atoms with Crippen LogP contribution in [0.2, 0.25) is 5.15 Å². The lowest BCUT2D eigenvalue weighted by Crippen LogP contribution is -2.00. The molecule has 5 heteroatoms. The van der Waals surface area contributed by atoms with Crippen LogP contribution in [0, 0.1) is 0 Å². The maximum Gasteiger partial charge on any atom is 0.158 e. The van der Waals surface area contributed by atoms with Gasteiger partial charge in [0.2, 0.25) is 0 Å². The van der Waals surface area contributed by atoms with Gasteiger partial charge in [0.1, 0.15) is 17.6 Å². The zero-order valence-corrected chi connectivity index (χ0v) is 6.80. The van der Waals surface area contributed by atoms with Gasteiger partial charge in [-0.3, -0.25) is 0 Å². The van der Waals surface area contributed by atoms with Gasteiger partial charge in [-0.1, -0.05) is 11.6 Å². The Bertz CT molecular complexity index is 233. The Morgan fingerprint density at radius 2 is 2.36 bits per heavy atom. The van der Waals surface area contributed by atoms with Crippen molar-refractivity contribution < 1.29 is 4.74 Å². The van der Waals surface area contributed by atoms with E-state index < -0.39 is 0 Å². The molecule has 1 heterocycles. The molecule has 0 saturated heterocycles. The van der Waals surface area contributed by atoms with Crippen molar-refractivity contribution in [2.24, 2.45) is 0 Å². The van der Waals surface area contributed by atoms with E-state index in [4.69, 9.17) is 22.1 Å². The maximum atomic E-state index is 5.60. The molecule has 11 heavy (non-hydrogen) atoms. The standard InChI is InChI=1S/C6H8ClN3O/c1-11-3-6-9-4(7)2-5(8)10-6/h2H,3H2,1H3,(H2,8,9,10). The van der Waals surface area contributed by atoms with Crippen molar-refractivity contribution in [3.63, 3.8) is 0 Å². The van der Waals surface area contributed by atoms with Gasteiger partial charge in [-0.15, -0.1) is 0 Å². The fraction of sp³-hybridized carbons (Fsp3) is 0.333. The maximum absolute atomic E-state index is 5.60. The highest BCUT2D eigenvalue weighted by Gasteiger charge is 1.98. The number of nitrogens with zero attached hydrogens (tertiary/aromatic N) is 2. The van der Waals surface area contributed by atoms with Gasteiger partial charge < -0.3 is 10.5 Å². The summed E-state index contributed by atoms with van der Waals surface area (Å²) in [5.41, 5.74) is 5.40. The Kier molecular flexibility index (Phi) is 2.62.